The summed E-state index contributed by atoms with van der Waals surface area (Å²) >= 11 is 0. The molecule has 2 aromatic heterocycles. The number of carbonyl (C=O) groups is 1. The van der Waals surface area contributed by atoms with Crippen LogP contribution >= 0.6 is 0 Å². The minimum atomic E-state index is -0.542. The van der Waals surface area contributed by atoms with Crippen LogP contribution in [0.2, 0.25) is 0 Å². The number of imidazole rings is 1. The van der Waals surface area contributed by atoms with Crippen molar-refractivity contribution in [1.82, 2.24) is 28.9 Å². The van der Waals surface area contributed by atoms with Gasteiger partial charge in [-0.3, -0.25) is 19.1 Å². The van der Waals surface area contributed by atoms with Crippen molar-refractivity contribution >= 4 is 17.1 Å². The van der Waals surface area contributed by atoms with Gasteiger partial charge in [0.25, 0.3) is 5.56 Å². The van der Waals surface area contributed by atoms with Crippen molar-refractivity contribution in [3.63, 3.8) is 0 Å². The third kappa shape index (κ3) is 4.32. The van der Waals surface area contributed by atoms with E-state index in [1.54, 1.807) is 18.7 Å². The van der Waals surface area contributed by atoms with Gasteiger partial charge in [0.15, 0.2) is 11.2 Å². The van der Waals surface area contributed by atoms with Gasteiger partial charge in [0.1, 0.15) is 6.54 Å². The second kappa shape index (κ2) is 8.50. The summed E-state index contributed by atoms with van der Waals surface area (Å²) in [5.41, 5.74) is 2.13. The van der Waals surface area contributed by atoms with E-state index in [1.165, 1.54) is 22.0 Å². The van der Waals surface area contributed by atoms with E-state index in [1.807, 2.05) is 0 Å². The lowest BCUT2D eigenvalue weighted by molar-refractivity contribution is -0.122. The number of hydrogen-bond acceptors (Lipinski definition) is 5. The lowest BCUT2D eigenvalue weighted by atomic mass is 10.0. The van der Waals surface area contributed by atoms with Crippen LogP contribution in [0.25, 0.3) is 11.2 Å². The summed E-state index contributed by atoms with van der Waals surface area (Å²) in [6, 6.07) is 8.55. The minimum Gasteiger partial charge on any atom is -0.352 e. The number of nitrogens with one attached hydrogen (secondary N) is 1. The maximum Gasteiger partial charge on any atom is 0.332 e. The molecule has 1 saturated heterocycles. The third-order valence-corrected chi connectivity index (χ3v) is 5.94. The van der Waals surface area contributed by atoms with Gasteiger partial charge in [-0.25, -0.2) is 14.3 Å². The SMILES string of the molecule is Cc1cccc(CN2CCC(NC(=O)Cn3c(=O)c4c(ncn4C)n(C)c3=O)CC2)c1. The molecule has 3 heterocycles. The summed E-state index contributed by atoms with van der Waals surface area (Å²) in [6.07, 6.45) is 3.16. The summed E-state index contributed by atoms with van der Waals surface area (Å²) in [5, 5.41) is 3.00. The molecule has 0 bridgehead atoms. The van der Waals surface area contributed by atoms with E-state index in [0.29, 0.717) is 11.2 Å². The van der Waals surface area contributed by atoms with Crippen LogP contribution in [0.4, 0.5) is 0 Å². The fourth-order valence-electron chi connectivity index (χ4n) is 4.26. The Bertz CT molecular complexity index is 1230. The molecule has 0 saturated carbocycles. The van der Waals surface area contributed by atoms with Gasteiger partial charge in [0, 0.05) is 39.8 Å². The first-order valence-electron chi connectivity index (χ1n) is 10.5. The Morgan fingerprint density at radius 1 is 1.19 bits per heavy atom. The number of amides is 1. The molecule has 0 aliphatic carbocycles. The lowest BCUT2D eigenvalue weighted by Crippen LogP contribution is -2.48. The molecule has 9 heteroatoms. The standard InChI is InChI=1S/C22H28N6O3/c1-15-5-4-6-16(11-15)12-27-9-7-17(8-10-27)24-18(29)13-28-21(30)19-20(23-14-25(19)2)26(3)22(28)31/h4-6,11,14,17H,7-10,12-13H2,1-3H3,(H,24,29). The summed E-state index contributed by atoms with van der Waals surface area (Å²) in [4.78, 5) is 44.4. The molecule has 4 rings (SSSR count). The molecular weight excluding hydrogens is 396 g/mol. The molecule has 1 aliphatic rings. The van der Waals surface area contributed by atoms with Crippen LogP contribution < -0.4 is 16.6 Å². The molecule has 0 spiro atoms. The number of hydrogen-bond donors (Lipinski definition) is 1. The van der Waals surface area contributed by atoms with Crippen molar-refractivity contribution in [3.8, 4) is 0 Å². The highest BCUT2D eigenvalue weighted by Gasteiger charge is 2.22. The number of benzene rings is 1. The first kappa shape index (κ1) is 21.0. The van der Waals surface area contributed by atoms with Gasteiger partial charge < -0.3 is 9.88 Å². The first-order valence-corrected chi connectivity index (χ1v) is 10.5. The van der Waals surface area contributed by atoms with Crippen molar-refractivity contribution in [2.45, 2.75) is 38.9 Å². The van der Waals surface area contributed by atoms with Crippen molar-refractivity contribution < 1.29 is 4.79 Å². The highest BCUT2D eigenvalue weighted by Crippen LogP contribution is 2.15. The van der Waals surface area contributed by atoms with Gasteiger partial charge in [-0.05, 0) is 25.3 Å². The highest BCUT2D eigenvalue weighted by atomic mass is 16.2. The monoisotopic (exact) mass is 424 g/mol. The molecular formula is C22H28N6O3. The number of piperidine rings is 1. The molecule has 0 atom stereocenters. The molecule has 1 aliphatic heterocycles. The van der Waals surface area contributed by atoms with Crippen LogP contribution in [0, 0.1) is 6.92 Å². The number of rotatable bonds is 5. The second-order valence-corrected chi connectivity index (χ2v) is 8.37. The molecule has 1 N–H and O–H groups in total. The Labute approximate surface area is 179 Å². The van der Waals surface area contributed by atoms with E-state index >= 15 is 0 Å². The lowest BCUT2D eigenvalue weighted by Gasteiger charge is -2.32. The van der Waals surface area contributed by atoms with Crippen LogP contribution in [0.1, 0.15) is 24.0 Å². The van der Waals surface area contributed by atoms with Gasteiger partial charge in [-0.15, -0.1) is 0 Å². The van der Waals surface area contributed by atoms with Gasteiger partial charge in [-0.2, -0.15) is 0 Å². The average molecular weight is 425 g/mol. The number of aryl methyl sites for hydroxylation is 3. The van der Waals surface area contributed by atoms with Gasteiger partial charge in [-0.1, -0.05) is 29.8 Å². The van der Waals surface area contributed by atoms with Crippen LogP contribution in [-0.2, 0) is 32.0 Å². The van der Waals surface area contributed by atoms with E-state index in [4.69, 9.17) is 0 Å². The summed E-state index contributed by atoms with van der Waals surface area (Å²) in [6.45, 7) is 4.48. The smallest absolute Gasteiger partial charge is 0.332 e. The maximum absolute atomic E-state index is 12.8. The van der Waals surface area contributed by atoms with E-state index in [-0.39, 0.29) is 18.5 Å². The van der Waals surface area contributed by atoms with Crippen molar-refractivity contribution in [2.24, 2.45) is 14.1 Å². The molecule has 1 aromatic carbocycles. The Balaban J connectivity index is 1.38. The molecule has 164 valence electrons. The molecule has 1 amide bonds. The van der Waals surface area contributed by atoms with E-state index in [9.17, 15) is 14.4 Å². The number of aromatic nitrogens is 4. The van der Waals surface area contributed by atoms with Crippen LogP contribution in [-0.4, -0.2) is 48.6 Å². The van der Waals surface area contributed by atoms with Gasteiger partial charge in [0.2, 0.25) is 5.91 Å². The number of fused-ring (bicyclic) bond motifs is 1. The van der Waals surface area contributed by atoms with E-state index in [2.05, 4.69) is 46.4 Å². The number of carbonyl (C=O) groups excluding carboxylic acids is 1. The zero-order chi connectivity index (χ0) is 22.1. The molecule has 0 unspecified atom stereocenters. The quantitative estimate of drug-likeness (QED) is 0.645. The Morgan fingerprint density at radius 2 is 1.94 bits per heavy atom. The zero-order valence-corrected chi connectivity index (χ0v) is 18.2. The summed E-state index contributed by atoms with van der Waals surface area (Å²) < 4.78 is 3.84. The fraction of sp³-hybridized carbons (Fsp3) is 0.455. The first-order chi connectivity index (χ1) is 14.8. The van der Waals surface area contributed by atoms with Crippen molar-refractivity contribution in [1.29, 1.82) is 0 Å². The van der Waals surface area contributed by atoms with Crippen LogP contribution in [0.5, 0.6) is 0 Å². The van der Waals surface area contributed by atoms with Gasteiger partial charge >= 0.3 is 5.69 Å². The topological polar surface area (TPSA) is 94.2 Å². The largest absolute Gasteiger partial charge is 0.352 e. The highest BCUT2D eigenvalue weighted by molar-refractivity contribution is 5.77. The second-order valence-electron chi connectivity index (χ2n) is 8.37. The molecule has 9 nitrogen and oxygen atoms in total. The van der Waals surface area contributed by atoms with Gasteiger partial charge in [0.05, 0.1) is 6.33 Å². The number of likely N-dealkylation sites (tertiary alicyclic amines) is 1. The predicted octanol–water partition coefficient (Wildman–Crippen LogP) is 0.523. The summed E-state index contributed by atoms with van der Waals surface area (Å²) in [5.74, 6) is -0.321. The molecule has 31 heavy (non-hydrogen) atoms. The zero-order valence-electron chi connectivity index (χ0n) is 18.2. The minimum absolute atomic E-state index is 0.0428. The van der Waals surface area contributed by atoms with Crippen LogP contribution in [0.3, 0.4) is 0 Å². The molecule has 1 fully saturated rings. The molecule has 3 aromatic rings. The normalized spacial score (nSPS) is 15.5. The van der Waals surface area contributed by atoms with Crippen molar-refractivity contribution in [2.75, 3.05) is 13.1 Å². The summed E-state index contributed by atoms with van der Waals surface area (Å²) in [7, 11) is 3.24. The van der Waals surface area contributed by atoms with E-state index in [0.717, 1.165) is 37.0 Å². The Hall–Kier alpha value is -3.20. The van der Waals surface area contributed by atoms with Crippen molar-refractivity contribution in [3.05, 3.63) is 62.6 Å². The predicted molar refractivity (Wildman–Crippen MR) is 118 cm³/mol. The van der Waals surface area contributed by atoms with E-state index < -0.39 is 11.2 Å². The average Bonchev–Trinajstić information content (AvgIpc) is 3.13. The maximum atomic E-state index is 12.8. The number of nitrogens with zero attached hydrogens (tertiary/aromatic N) is 5. The third-order valence-electron chi connectivity index (χ3n) is 5.94. The van der Waals surface area contributed by atoms with Crippen LogP contribution in [0.15, 0.2) is 40.2 Å². The Morgan fingerprint density at radius 3 is 2.65 bits per heavy atom. The molecule has 0 radical (unpaired) electrons. The Kier molecular flexibility index (Phi) is 5.77. The fourth-order valence-corrected chi connectivity index (χ4v) is 4.26.